The summed E-state index contributed by atoms with van der Waals surface area (Å²) >= 11 is 5.71. The Morgan fingerprint density at radius 3 is 2.40 bits per heavy atom. The van der Waals surface area contributed by atoms with Crippen LogP contribution in [0.4, 0.5) is 30.2 Å². The molecule has 2 aromatic rings. The monoisotopic (exact) mass is 811 g/mol. The second-order valence-electron chi connectivity index (χ2n) is 15.8. The molecule has 14 nitrogen and oxygen atoms in total. The minimum absolute atomic E-state index is 0.0157. The van der Waals surface area contributed by atoms with E-state index in [9.17, 15) is 32.3 Å². The number of imide groups is 1. The first-order valence-corrected chi connectivity index (χ1v) is 19.6. The Morgan fingerprint density at radius 2 is 1.75 bits per heavy atom. The molecule has 306 valence electrons. The second kappa shape index (κ2) is 17.0. The van der Waals surface area contributed by atoms with E-state index in [0.29, 0.717) is 37.2 Å². The van der Waals surface area contributed by atoms with Crippen molar-refractivity contribution in [3.8, 4) is 6.07 Å². The van der Waals surface area contributed by atoms with Crippen molar-refractivity contribution in [2.24, 2.45) is 0 Å². The van der Waals surface area contributed by atoms with Gasteiger partial charge >= 0.3 is 6.18 Å². The van der Waals surface area contributed by atoms with Gasteiger partial charge in [-0.25, -0.2) is 4.98 Å². The van der Waals surface area contributed by atoms with Gasteiger partial charge in [0.2, 0.25) is 17.7 Å². The van der Waals surface area contributed by atoms with Crippen LogP contribution in [0.1, 0.15) is 77.5 Å². The number of aromatic nitrogens is 1. The molecule has 6 rings (SSSR count). The number of piperidine rings is 1. The highest BCUT2D eigenvalue weighted by atomic mass is 32.1. The number of ether oxygens (including phenoxy) is 1. The van der Waals surface area contributed by atoms with Crippen LogP contribution in [0, 0.1) is 11.3 Å². The minimum Gasteiger partial charge on any atom is -0.377 e. The fraction of sp³-hybridized carbons (Fsp3) is 0.564. The highest BCUT2D eigenvalue weighted by Crippen LogP contribution is 2.40. The molecule has 0 bridgehead atoms. The third kappa shape index (κ3) is 9.38. The molecule has 4 aliphatic rings. The Kier molecular flexibility index (Phi) is 12.5. The van der Waals surface area contributed by atoms with Crippen LogP contribution in [-0.4, -0.2) is 117 Å². The van der Waals surface area contributed by atoms with Gasteiger partial charge in [0.05, 0.1) is 36.7 Å². The molecule has 3 aliphatic heterocycles. The van der Waals surface area contributed by atoms with Crippen molar-refractivity contribution < 1.29 is 37.1 Å². The van der Waals surface area contributed by atoms with Gasteiger partial charge in [-0.15, -0.1) is 0 Å². The summed E-state index contributed by atoms with van der Waals surface area (Å²) in [5.74, 6) is -1.24. The number of halogens is 3. The number of hydrogen-bond donors (Lipinski definition) is 3. The number of pyridine rings is 1. The number of rotatable bonds is 11. The summed E-state index contributed by atoms with van der Waals surface area (Å²) < 4.78 is 47.4. The Balaban J connectivity index is 0.943. The van der Waals surface area contributed by atoms with Crippen molar-refractivity contribution in [2.45, 2.75) is 108 Å². The second-order valence-corrected chi connectivity index (χ2v) is 16.1. The summed E-state index contributed by atoms with van der Waals surface area (Å²) in [6.45, 7) is 10.7. The van der Waals surface area contributed by atoms with Crippen molar-refractivity contribution in [1.29, 1.82) is 5.26 Å². The summed E-state index contributed by atoms with van der Waals surface area (Å²) in [6.07, 6.45) is -0.230. The smallest absolute Gasteiger partial charge is 0.377 e. The number of nitrogens with zero attached hydrogens (tertiary/aromatic N) is 6. The SMILES string of the molecule is C[C@@H]1CN(CCO[C@H]2CC[C@H](N3C(=S)N(c4cnc(C#N)c(C(F)(F)F)c4)C(=O)C3(C)C)CC2)C[C@H](C)N1CC(=O)Nc1cccc(N[C@@H]2CCC(=O)NC2=O)c1. The van der Waals surface area contributed by atoms with Crippen LogP contribution < -0.4 is 20.9 Å². The lowest BCUT2D eigenvalue weighted by molar-refractivity contribution is -0.138. The quantitative estimate of drug-likeness (QED) is 0.219. The summed E-state index contributed by atoms with van der Waals surface area (Å²) in [7, 11) is 0. The summed E-state index contributed by atoms with van der Waals surface area (Å²) in [4.78, 5) is 61.5. The van der Waals surface area contributed by atoms with Crippen LogP contribution in [0.5, 0.6) is 0 Å². The van der Waals surface area contributed by atoms with E-state index in [-0.39, 0.29) is 65.7 Å². The maximum atomic E-state index is 13.7. The molecule has 4 fully saturated rings. The molecule has 3 atom stereocenters. The minimum atomic E-state index is -4.83. The molecule has 3 saturated heterocycles. The summed E-state index contributed by atoms with van der Waals surface area (Å²) in [6, 6.07) is 8.97. The van der Waals surface area contributed by atoms with E-state index in [1.54, 1.807) is 38.1 Å². The van der Waals surface area contributed by atoms with Crippen LogP contribution >= 0.6 is 12.2 Å². The van der Waals surface area contributed by atoms with Crippen molar-refractivity contribution in [3.63, 3.8) is 0 Å². The number of anilines is 3. The molecule has 0 radical (unpaired) electrons. The normalized spacial score (nSPS) is 26.0. The van der Waals surface area contributed by atoms with Gasteiger partial charge in [0.25, 0.3) is 5.91 Å². The first-order chi connectivity index (χ1) is 27.0. The van der Waals surface area contributed by atoms with E-state index >= 15 is 0 Å². The number of thiocarbonyl (C=S) groups is 1. The maximum Gasteiger partial charge on any atom is 0.419 e. The first-order valence-electron chi connectivity index (χ1n) is 19.2. The van der Waals surface area contributed by atoms with Gasteiger partial charge in [0.1, 0.15) is 17.6 Å². The Hall–Kier alpha value is -4.70. The van der Waals surface area contributed by atoms with Crippen LogP contribution in [0.3, 0.4) is 0 Å². The lowest BCUT2D eigenvalue weighted by Crippen LogP contribution is -2.58. The number of benzene rings is 1. The Morgan fingerprint density at radius 1 is 1.07 bits per heavy atom. The Bertz CT molecular complexity index is 1920. The van der Waals surface area contributed by atoms with Gasteiger partial charge in [-0.1, -0.05) is 6.07 Å². The van der Waals surface area contributed by atoms with Crippen molar-refractivity contribution in [1.82, 2.24) is 25.0 Å². The predicted octanol–water partition coefficient (Wildman–Crippen LogP) is 4.26. The van der Waals surface area contributed by atoms with Crippen LogP contribution in [0.25, 0.3) is 0 Å². The van der Waals surface area contributed by atoms with Crippen molar-refractivity contribution in [2.75, 3.05) is 48.3 Å². The van der Waals surface area contributed by atoms with Gasteiger partial charge in [-0.3, -0.25) is 39.2 Å². The molecular weight excluding hydrogens is 764 g/mol. The van der Waals surface area contributed by atoms with Gasteiger partial charge in [0, 0.05) is 55.6 Å². The number of amides is 4. The van der Waals surface area contributed by atoms with E-state index in [1.165, 1.54) is 6.07 Å². The van der Waals surface area contributed by atoms with E-state index in [2.05, 4.69) is 44.6 Å². The molecule has 57 heavy (non-hydrogen) atoms. The number of hydrogen-bond acceptors (Lipinski definition) is 11. The van der Waals surface area contributed by atoms with Crippen LogP contribution in [0.2, 0.25) is 0 Å². The lowest BCUT2D eigenvalue weighted by atomic mass is 9.89. The molecular formula is C39H48F3N9O5S. The molecule has 1 aliphatic carbocycles. The molecule has 3 N–H and O–H groups in total. The molecule has 4 amide bonds. The number of nitrogens with one attached hydrogen (secondary N) is 3. The van der Waals surface area contributed by atoms with Gasteiger partial charge in [-0.05, 0) is 96.3 Å². The number of carbonyl (C=O) groups is 4. The molecule has 1 aromatic carbocycles. The molecule has 1 saturated carbocycles. The van der Waals surface area contributed by atoms with Gasteiger partial charge < -0.3 is 20.3 Å². The third-order valence-corrected chi connectivity index (χ3v) is 11.6. The number of carbonyl (C=O) groups excluding carboxylic acids is 4. The highest BCUT2D eigenvalue weighted by molar-refractivity contribution is 7.80. The van der Waals surface area contributed by atoms with Crippen molar-refractivity contribution >= 4 is 58.0 Å². The average Bonchev–Trinajstić information content (AvgIpc) is 3.32. The maximum absolute atomic E-state index is 13.7. The average molecular weight is 812 g/mol. The zero-order chi connectivity index (χ0) is 41.2. The fourth-order valence-electron chi connectivity index (χ4n) is 8.40. The van der Waals surface area contributed by atoms with Crippen LogP contribution in [-0.2, 0) is 30.1 Å². The number of nitriles is 1. The largest absolute Gasteiger partial charge is 0.419 e. The third-order valence-electron chi connectivity index (χ3n) is 11.3. The zero-order valence-corrected chi connectivity index (χ0v) is 33.2. The highest BCUT2D eigenvalue weighted by Gasteiger charge is 2.53. The summed E-state index contributed by atoms with van der Waals surface area (Å²) in [5, 5.41) is 17.7. The molecule has 0 spiro atoms. The predicted molar refractivity (Wildman–Crippen MR) is 209 cm³/mol. The van der Waals surface area contributed by atoms with E-state index in [1.807, 2.05) is 4.90 Å². The van der Waals surface area contributed by atoms with E-state index < -0.39 is 34.9 Å². The standard InChI is InChI=1S/C39H48F3N9O5S/c1-23-20-48(21-24(2)49(23)22-34(53)46-26-7-5-6-25(16-26)45-31-12-13-33(52)47-35(31)54)14-15-56-29-10-8-27(9-11-29)51-37(57)50(36(55)38(51,3)4)28-17-30(39(40,41)42)32(18-43)44-19-28/h5-7,16-17,19,23-24,27,29,31,45H,8-15,20-22H2,1-4H3,(H,46,53)(H,47,52,54)/t23-,24+,27-,29-,31-/m1/s1. The number of alkyl halides is 3. The zero-order valence-electron chi connectivity index (χ0n) is 32.4. The molecule has 1 aromatic heterocycles. The Labute approximate surface area is 335 Å². The molecule has 0 unspecified atom stereocenters. The summed E-state index contributed by atoms with van der Waals surface area (Å²) in [5.41, 5.74) is -1.94. The van der Waals surface area contributed by atoms with E-state index in [4.69, 9.17) is 22.2 Å². The molecule has 18 heteroatoms. The lowest BCUT2D eigenvalue weighted by Gasteiger charge is -2.44. The topological polar surface area (TPSA) is 163 Å². The van der Waals surface area contributed by atoms with E-state index in [0.717, 1.165) is 49.6 Å². The van der Waals surface area contributed by atoms with Crippen LogP contribution in [0.15, 0.2) is 36.5 Å². The molecule has 4 heterocycles. The van der Waals surface area contributed by atoms with Crippen molar-refractivity contribution in [3.05, 3.63) is 47.8 Å². The van der Waals surface area contributed by atoms with Gasteiger partial charge in [-0.2, -0.15) is 18.4 Å². The fourth-order valence-corrected chi connectivity index (χ4v) is 8.96. The van der Waals surface area contributed by atoms with Gasteiger partial charge in [0.15, 0.2) is 10.8 Å². The first kappa shape index (κ1) is 41.9. The number of piperazine rings is 1.